The van der Waals surface area contributed by atoms with Crippen molar-refractivity contribution in [3.8, 4) is 0 Å². The van der Waals surface area contributed by atoms with Crippen molar-refractivity contribution in [2.45, 2.75) is 39.5 Å². The lowest BCUT2D eigenvalue weighted by Gasteiger charge is -2.22. The van der Waals surface area contributed by atoms with E-state index in [4.69, 9.17) is 0 Å². The molecule has 3 rings (SSSR count). The number of benzene rings is 1. The molecule has 1 aromatic carbocycles. The summed E-state index contributed by atoms with van der Waals surface area (Å²) in [5, 5.41) is 6.39. The molecule has 2 heterocycles. The molecule has 1 saturated heterocycles. The Balaban J connectivity index is 1.53. The number of hydrogen-bond donors (Lipinski definition) is 2. The SMILES string of the molecule is Cc1cc(C)nc(CCNC(=O)c2cccc(CC3CCNCC3)c2)n1. The van der Waals surface area contributed by atoms with E-state index in [-0.39, 0.29) is 5.91 Å². The minimum Gasteiger partial charge on any atom is -0.352 e. The number of amides is 1. The van der Waals surface area contributed by atoms with Gasteiger partial charge in [-0.15, -0.1) is 0 Å². The lowest BCUT2D eigenvalue weighted by molar-refractivity contribution is 0.0954. The second-order valence-corrected chi connectivity index (χ2v) is 7.17. The van der Waals surface area contributed by atoms with E-state index >= 15 is 0 Å². The van der Waals surface area contributed by atoms with Crippen LogP contribution in [0.15, 0.2) is 30.3 Å². The highest BCUT2D eigenvalue weighted by Gasteiger charge is 2.14. The van der Waals surface area contributed by atoms with Crippen molar-refractivity contribution in [1.82, 2.24) is 20.6 Å². The van der Waals surface area contributed by atoms with E-state index in [0.717, 1.165) is 48.2 Å². The third-order valence-corrected chi connectivity index (χ3v) is 4.84. The number of aromatic nitrogens is 2. The van der Waals surface area contributed by atoms with Crippen LogP contribution in [-0.2, 0) is 12.8 Å². The molecule has 1 fully saturated rings. The van der Waals surface area contributed by atoms with Crippen LogP contribution in [0.3, 0.4) is 0 Å². The molecular weight excluding hydrogens is 324 g/mol. The van der Waals surface area contributed by atoms with Gasteiger partial charge in [0.25, 0.3) is 5.91 Å². The first kappa shape index (κ1) is 18.5. The normalized spacial score (nSPS) is 15.0. The van der Waals surface area contributed by atoms with Gasteiger partial charge in [0, 0.05) is 29.9 Å². The predicted octanol–water partition coefficient (Wildman–Crippen LogP) is 2.61. The summed E-state index contributed by atoms with van der Waals surface area (Å²) in [6, 6.07) is 9.98. The van der Waals surface area contributed by atoms with E-state index in [1.54, 1.807) is 0 Å². The van der Waals surface area contributed by atoms with Crippen LogP contribution in [0.25, 0.3) is 0 Å². The highest BCUT2D eigenvalue weighted by Crippen LogP contribution is 2.18. The third kappa shape index (κ3) is 5.36. The second kappa shape index (κ2) is 8.90. The molecule has 1 aromatic heterocycles. The minimum atomic E-state index is -0.0264. The van der Waals surface area contributed by atoms with Gasteiger partial charge in [0.15, 0.2) is 0 Å². The van der Waals surface area contributed by atoms with Crippen molar-refractivity contribution in [1.29, 1.82) is 0 Å². The molecule has 0 aliphatic carbocycles. The molecule has 0 unspecified atom stereocenters. The fourth-order valence-electron chi connectivity index (χ4n) is 3.56. The predicted molar refractivity (Wildman–Crippen MR) is 103 cm³/mol. The van der Waals surface area contributed by atoms with E-state index < -0.39 is 0 Å². The number of piperidine rings is 1. The van der Waals surface area contributed by atoms with Gasteiger partial charge in [-0.1, -0.05) is 12.1 Å². The van der Waals surface area contributed by atoms with Crippen LogP contribution in [-0.4, -0.2) is 35.5 Å². The van der Waals surface area contributed by atoms with Gasteiger partial charge < -0.3 is 10.6 Å². The molecule has 2 N–H and O–H groups in total. The monoisotopic (exact) mass is 352 g/mol. The van der Waals surface area contributed by atoms with Crippen LogP contribution < -0.4 is 10.6 Å². The molecule has 1 amide bonds. The highest BCUT2D eigenvalue weighted by atomic mass is 16.1. The molecule has 2 aromatic rings. The summed E-state index contributed by atoms with van der Waals surface area (Å²) in [5.74, 6) is 1.47. The van der Waals surface area contributed by atoms with Gasteiger partial charge in [0.1, 0.15) is 5.82 Å². The number of hydrogen-bond acceptors (Lipinski definition) is 4. The Morgan fingerprint density at radius 3 is 2.62 bits per heavy atom. The molecule has 26 heavy (non-hydrogen) atoms. The molecule has 0 bridgehead atoms. The topological polar surface area (TPSA) is 66.9 Å². The summed E-state index contributed by atoms with van der Waals surface area (Å²) >= 11 is 0. The summed E-state index contributed by atoms with van der Waals surface area (Å²) in [5.41, 5.74) is 3.91. The van der Waals surface area contributed by atoms with Crippen molar-refractivity contribution < 1.29 is 4.79 Å². The van der Waals surface area contributed by atoms with Crippen molar-refractivity contribution in [3.63, 3.8) is 0 Å². The number of aryl methyl sites for hydroxylation is 2. The fraction of sp³-hybridized carbons (Fsp3) is 0.476. The Morgan fingerprint density at radius 1 is 1.15 bits per heavy atom. The Bertz CT molecular complexity index is 733. The average molecular weight is 352 g/mol. The van der Waals surface area contributed by atoms with Crippen molar-refractivity contribution in [2.24, 2.45) is 5.92 Å². The van der Waals surface area contributed by atoms with Gasteiger partial charge >= 0.3 is 0 Å². The van der Waals surface area contributed by atoms with Crippen LogP contribution in [0.4, 0.5) is 0 Å². The summed E-state index contributed by atoms with van der Waals surface area (Å²) in [6.07, 6.45) is 4.13. The van der Waals surface area contributed by atoms with Crippen LogP contribution in [0.2, 0.25) is 0 Å². The lowest BCUT2D eigenvalue weighted by atomic mass is 9.90. The fourth-order valence-corrected chi connectivity index (χ4v) is 3.56. The first-order valence-corrected chi connectivity index (χ1v) is 9.49. The first-order chi connectivity index (χ1) is 12.6. The quantitative estimate of drug-likeness (QED) is 0.839. The van der Waals surface area contributed by atoms with E-state index in [1.807, 2.05) is 38.1 Å². The number of nitrogens with zero attached hydrogens (tertiary/aromatic N) is 2. The molecule has 1 aliphatic heterocycles. The zero-order chi connectivity index (χ0) is 18.4. The molecule has 5 nitrogen and oxygen atoms in total. The van der Waals surface area contributed by atoms with Crippen LogP contribution in [0.1, 0.15) is 46.0 Å². The zero-order valence-corrected chi connectivity index (χ0v) is 15.7. The Hall–Kier alpha value is -2.27. The van der Waals surface area contributed by atoms with Gasteiger partial charge in [0.05, 0.1) is 0 Å². The largest absolute Gasteiger partial charge is 0.352 e. The van der Waals surface area contributed by atoms with E-state index in [1.165, 1.54) is 18.4 Å². The van der Waals surface area contributed by atoms with E-state index in [0.29, 0.717) is 13.0 Å². The first-order valence-electron chi connectivity index (χ1n) is 9.49. The highest BCUT2D eigenvalue weighted by molar-refractivity contribution is 5.94. The lowest BCUT2D eigenvalue weighted by Crippen LogP contribution is -2.29. The Kier molecular flexibility index (Phi) is 6.34. The maximum atomic E-state index is 12.5. The molecule has 138 valence electrons. The van der Waals surface area contributed by atoms with Gasteiger partial charge in [-0.2, -0.15) is 0 Å². The summed E-state index contributed by atoms with van der Waals surface area (Å²) in [6.45, 7) is 6.67. The molecule has 0 saturated carbocycles. The molecule has 0 radical (unpaired) electrons. The smallest absolute Gasteiger partial charge is 0.251 e. The van der Waals surface area contributed by atoms with Gasteiger partial charge in [0.2, 0.25) is 0 Å². The second-order valence-electron chi connectivity index (χ2n) is 7.17. The summed E-state index contributed by atoms with van der Waals surface area (Å²) in [7, 11) is 0. The van der Waals surface area contributed by atoms with E-state index in [2.05, 4.69) is 26.7 Å². The number of nitrogens with one attached hydrogen (secondary N) is 2. The number of carbonyl (C=O) groups excluding carboxylic acids is 1. The van der Waals surface area contributed by atoms with Crippen LogP contribution >= 0.6 is 0 Å². The zero-order valence-electron chi connectivity index (χ0n) is 15.7. The maximum absolute atomic E-state index is 12.5. The molecule has 1 aliphatic rings. The third-order valence-electron chi connectivity index (χ3n) is 4.84. The van der Waals surface area contributed by atoms with Crippen molar-refractivity contribution in [2.75, 3.05) is 19.6 Å². The maximum Gasteiger partial charge on any atom is 0.251 e. The molecule has 0 atom stereocenters. The minimum absolute atomic E-state index is 0.0264. The number of rotatable bonds is 6. The average Bonchev–Trinajstić information content (AvgIpc) is 2.62. The molecule has 5 heteroatoms. The summed E-state index contributed by atoms with van der Waals surface area (Å²) < 4.78 is 0. The summed E-state index contributed by atoms with van der Waals surface area (Å²) in [4.78, 5) is 21.3. The van der Waals surface area contributed by atoms with Gasteiger partial charge in [-0.25, -0.2) is 9.97 Å². The number of carbonyl (C=O) groups is 1. The van der Waals surface area contributed by atoms with Crippen LogP contribution in [0.5, 0.6) is 0 Å². The van der Waals surface area contributed by atoms with Gasteiger partial charge in [-0.3, -0.25) is 4.79 Å². The molecular formula is C21H28N4O. The van der Waals surface area contributed by atoms with Crippen LogP contribution in [0, 0.1) is 19.8 Å². The van der Waals surface area contributed by atoms with E-state index in [9.17, 15) is 4.79 Å². The van der Waals surface area contributed by atoms with Crippen molar-refractivity contribution in [3.05, 3.63) is 58.7 Å². The Morgan fingerprint density at radius 2 is 1.88 bits per heavy atom. The Labute approximate surface area is 155 Å². The van der Waals surface area contributed by atoms with Gasteiger partial charge in [-0.05, 0) is 75.9 Å². The van der Waals surface area contributed by atoms with Crippen molar-refractivity contribution >= 4 is 5.91 Å². The molecule has 0 spiro atoms. The standard InChI is InChI=1S/C21H28N4O/c1-15-12-16(2)25-20(24-15)8-11-23-21(26)19-5-3-4-18(14-19)13-17-6-9-22-10-7-17/h3-5,12,14,17,22H,6-11,13H2,1-2H3,(H,23,26).